The van der Waals surface area contributed by atoms with Crippen LogP contribution >= 0.6 is 23.2 Å². The molecule has 2 aliphatic rings. The van der Waals surface area contributed by atoms with Crippen LogP contribution in [-0.4, -0.2) is 74.8 Å². The second kappa shape index (κ2) is 8.81. The summed E-state index contributed by atoms with van der Waals surface area (Å²) in [5.74, 6) is -0.581. The number of carboxylic acids is 1. The van der Waals surface area contributed by atoms with Crippen LogP contribution in [0.15, 0.2) is 36.9 Å². The molecule has 33 heavy (non-hydrogen) atoms. The van der Waals surface area contributed by atoms with Crippen LogP contribution in [0.3, 0.4) is 0 Å². The molecule has 11 heteroatoms. The van der Waals surface area contributed by atoms with Crippen LogP contribution in [0.4, 0.5) is 5.82 Å². The number of fused-ring (bicyclic) bond motifs is 1. The first-order valence-corrected chi connectivity index (χ1v) is 11.4. The summed E-state index contributed by atoms with van der Waals surface area (Å²) in [5.41, 5.74) is 1.36. The Hall–Kier alpha value is -2.88. The summed E-state index contributed by atoms with van der Waals surface area (Å²) in [6, 6.07) is 5.06. The van der Waals surface area contributed by atoms with Gasteiger partial charge in [0.05, 0.1) is 40.7 Å². The van der Waals surface area contributed by atoms with Gasteiger partial charge in [-0.05, 0) is 25.0 Å². The molecule has 2 aromatic heterocycles. The number of anilines is 1. The highest BCUT2D eigenvalue weighted by molar-refractivity contribution is 6.45. The topological polar surface area (TPSA) is 101 Å². The van der Waals surface area contributed by atoms with Crippen LogP contribution in [0.25, 0.3) is 16.6 Å². The number of aliphatic carboxylic acids is 1. The highest BCUT2D eigenvalue weighted by Crippen LogP contribution is 2.36. The van der Waals surface area contributed by atoms with Crippen molar-refractivity contribution in [3.8, 4) is 5.69 Å². The first-order chi connectivity index (χ1) is 15.9. The summed E-state index contributed by atoms with van der Waals surface area (Å²) in [6.07, 6.45) is 5.65. The number of morpholine rings is 1. The van der Waals surface area contributed by atoms with Crippen molar-refractivity contribution in [2.75, 3.05) is 31.1 Å². The molecule has 2 atom stereocenters. The van der Waals surface area contributed by atoms with Crippen molar-refractivity contribution >= 4 is 51.8 Å². The molecule has 1 N–H and O–H groups in total. The molecular formula is C22H21Cl2N5O4. The number of pyridine rings is 1. The lowest BCUT2D eigenvalue weighted by Crippen LogP contribution is -2.53. The normalized spacial score (nSPS) is 21.0. The van der Waals surface area contributed by atoms with Crippen molar-refractivity contribution in [2.24, 2.45) is 0 Å². The van der Waals surface area contributed by atoms with Gasteiger partial charge in [-0.3, -0.25) is 4.79 Å². The highest BCUT2D eigenvalue weighted by atomic mass is 35.5. The van der Waals surface area contributed by atoms with E-state index in [9.17, 15) is 14.7 Å². The molecule has 0 spiro atoms. The summed E-state index contributed by atoms with van der Waals surface area (Å²) in [7, 11) is 0. The summed E-state index contributed by atoms with van der Waals surface area (Å²) in [4.78, 5) is 37.2. The maximum absolute atomic E-state index is 13.4. The van der Waals surface area contributed by atoms with E-state index in [-0.39, 0.29) is 19.1 Å². The van der Waals surface area contributed by atoms with E-state index in [1.54, 1.807) is 23.5 Å². The average molecular weight is 490 g/mol. The Bertz CT molecular complexity index is 1220. The fraction of sp³-hybridized carbons (Fsp3) is 0.364. The third kappa shape index (κ3) is 4.01. The van der Waals surface area contributed by atoms with Gasteiger partial charge in [-0.1, -0.05) is 23.2 Å². The van der Waals surface area contributed by atoms with Crippen LogP contribution in [-0.2, 0) is 14.3 Å². The predicted molar refractivity (Wildman–Crippen MR) is 123 cm³/mol. The first-order valence-electron chi connectivity index (χ1n) is 10.6. The number of aromatic nitrogens is 3. The van der Waals surface area contributed by atoms with E-state index in [1.165, 1.54) is 0 Å². The third-order valence-electron chi connectivity index (χ3n) is 6.11. The number of amides is 1. The zero-order valence-corrected chi connectivity index (χ0v) is 19.0. The van der Waals surface area contributed by atoms with Crippen molar-refractivity contribution in [1.29, 1.82) is 0 Å². The number of halogens is 2. The third-order valence-corrected chi connectivity index (χ3v) is 6.90. The molecule has 2 saturated heterocycles. The molecule has 3 aromatic rings. The van der Waals surface area contributed by atoms with Gasteiger partial charge in [-0.2, -0.15) is 0 Å². The number of hydrogen-bond acceptors (Lipinski definition) is 6. The smallest absolute Gasteiger partial charge is 0.334 e. The van der Waals surface area contributed by atoms with E-state index in [1.807, 2.05) is 27.8 Å². The Morgan fingerprint density at radius 2 is 2.06 bits per heavy atom. The van der Waals surface area contributed by atoms with E-state index in [4.69, 9.17) is 32.9 Å². The fourth-order valence-electron chi connectivity index (χ4n) is 4.47. The zero-order valence-electron chi connectivity index (χ0n) is 17.5. The summed E-state index contributed by atoms with van der Waals surface area (Å²) >= 11 is 12.8. The summed E-state index contributed by atoms with van der Waals surface area (Å²) in [5, 5.41) is 10.8. The minimum absolute atomic E-state index is 0.0331. The maximum atomic E-state index is 13.4. The summed E-state index contributed by atoms with van der Waals surface area (Å²) < 4.78 is 7.13. The number of imidazole rings is 1. The summed E-state index contributed by atoms with van der Waals surface area (Å²) in [6.45, 7) is 1.23. The maximum Gasteiger partial charge on any atom is 0.334 e. The molecule has 1 amide bonds. The van der Waals surface area contributed by atoms with Crippen molar-refractivity contribution in [3.05, 3.63) is 47.0 Å². The Morgan fingerprint density at radius 3 is 2.82 bits per heavy atom. The molecule has 0 aliphatic carbocycles. The zero-order chi connectivity index (χ0) is 23.1. The number of benzene rings is 1. The highest BCUT2D eigenvalue weighted by Gasteiger charge is 2.38. The van der Waals surface area contributed by atoms with E-state index >= 15 is 0 Å². The Balaban J connectivity index is 1.53. The SMILES string of the molecule is O=C(O)C1CN(C(=O)[C@@H]2CCCN2c2cc(-n3ccnc3)c3ccc(Cl)c(Cl)c3n2)CCO1. The number of carboxylic acid groups (broad SMARTS) is 1. The number of carbonyl (C=O) groups is 2. The molecule has 9 nitrogen and oxygen atoms in total. The molecule has 2 aliphatic heterocycles. The molecule has 0 saturated carbocycles. The van der Waals surface area contributed by atoms with Gasteiger partial charge in [0, 0.05) is 36.9 Å². The standard InChI is InChI=1S/C22H21Cl2N5O4/c23-14-4-3-13-16(28-7-5-25-12-28)10-18(26-20(13)19(14)24)29-6-1-2-15(29)21(30)27-8-9-33-17(11-27)22(31)32/h3-5,7,10,12,15,17H,1-2,6,8-9,11H2,(H,31,32)/t15-,17?/m0/s1. The van der Waals surface area contributed by atoms with Crippen LogP contribution in [0.1, 0.15) is 12.8 Å². The number of nitrogens with zero attached hydrogens (tertiary/aromatic N) is 5. The van der Waals surface area contributed by atoms with Gasteiger partial charge < -0.3 is 24.2 Å². The first kappa shape index (κ1) is 21.9. The fourth-order valence-corrected chi connectivity index (χ4v) is 4.83. The minimum Gasteiger partial charge on any atom is -0.479 e. The van der Waals surface area contributed by atoms with Gasteiger partial charge >= 0.3 is 5.97 Å². The van der Waals surface area contributed by atoms with Crippen LogP contribution in [0, 0.1) is 0 Å². The van der Waals surface area contributed by atoms with Gasteiger partial charge in [0.1, 0.15) is 11.9 Å². The molecule has 0 bridgehead atoms. The molecular weight excluding hydrogens is 469 g/mol. The minimum atomic E-state index is -1.07. The Morgan fingerprint density at radius 1 is 1.21 bits per heavy atom. The van der Waals surface area contributed by atoms with Crippen LogP contribution < -0.4 is 4.90 Å². The second-order valence-corrected chi connectivity index (χ2v) is 8.85. The number of hydrogen-bond donors (Lipinski definition) is 1. The lowest BCUT2D eigenvalue weighted by atomic mass is 10.1. The average Bonchev–Trinajstić information content (AvgIpc) is 3.53. The lowest BCUT2D eigenvalue weighted by Gasteiger charge is -2.35. The molecule has 5 rings (SSSR count). The van der Waals surface area contributed by atoms with E-state index < -0.39 is 18.1 Å². The quantitative estimate of drug-likeness (QED) is 0.600. The van der Waals surface area contributed by atoms with E-state index in [2.05, 4.69) is 4.98 Å². The largest absolute Gasteiger partial charge is 0.479 e. The number of rotatable bonds is 4. The number of carbonyl (C=O) groups excluding carboxylic acids is 1. The van der Waals surface area contributed by atoms with Gasteiger partial charge in [0.2, 0.25) is 5.91 Å². The van der Waals surface area contributed by atoms with Crippen molar-refractivity contribution < 1.29 is 19.4 Å². The molecule has 0 radical (unpaired) electrons. The lowest BCUT2D eigenvalue weighted by molar-refractivity contribution is -0.159. The van der Waals surface area contributed by atoms with Gasteiger partial charge in [-0.15, -0.1) is 0 Å². The molecule has 1 unspecified atom stereocenters. The molecule has 172 valence electrons. The van der Waals surface area contributed by atoms with Crippen molar-refractivity contribution in [2.45, 2.75) is 25.0 Å². The van der Waals surface area contributed by atoms with Gasteiger partial charge in [0.15, 0.2) is 6.10 Å². The van der Waals surface area contributed by atoms with E-state index in [0.29, 0.717) is 40.9 Å². The monoisotopic (exact) mass is 489 g/mol. The number of ether oxygens (including phenoxy) is 1. The van der Waals surface area contributed by atoms with E-state index in [0.717, 1.165) is 17.5 Å². The Kier molecular flexibility index (Phi) is 5.86. The van der Waals surface area contributed by atoms with Gasteiger partial charge in [0.25, 0.3) is 0 Å². The Labute approximate surface area is 199 Å². The second-order valence-electron chi connectivity index (χ2n) is 8.06. The molecule has 4 heterocycles. The molecule has 2 fully saturated rings. The predicted octanol–water partition coefficient (Wildman–Crippen LogP) is 3.01. The van der Waals surface area contributed by atoms with Crippen LogP contribution in [0.2, 0.25) is 10.0 Å². The molecule has 1 aromatic carbocycles. The van der Waals surface area contributed by atoms with Crippen molar-refractivity contribution in [1.82, 2.24) is 19.4 Å². The van der Waals surface area contributed by atoms with Crippen molar-refractivity contribution in [3.63, 3.8) is 0 Å². The van der Waals surface area contributed by atoms with Gasteiger partial charge in [-0.25, -0.2) is 14.8 Å². The van der Waals surface area contributed by atoms with Crippen LogP contribution in [0.5, 0.6) is 0 Å².